The molecule has 0 aliphatic carbocycles. The third-order valence-electron chi connectivity index (χ3n) is 6.29. The predicted octanol–water partition coefficient (Wildman–Crippen LogP) is 6.76. The summed E-state index contributed by atoms with van der Waals surface area (Å²) in [4.78, 5) is 0. The fourth-order valence-corrected chi connectivity index (χ4v) is 3.41. The van der Waals surface area contributed by atoms with Gasteiger partial charge in [0.2, 0.25) is 0 Å². The van der Waals surface area contributed by atoms with Crippen molar-refractivity contribution in [3.05, 3.63) is 29.8 Å². The van der Waals surface area contributed by atoms with E-state index >= 15 is 0 Å². The molecule has 1 rings (SSSR count). The van der Waals surface area contributed by atoms with E-state index in [0.29, 0.717) is 22.5 Å². The maximum atomic E-state index is 9.59. The Morgan fingerprint density at radius 1 is 0.864 bits per heavy atom. The molecular formula is C21H36O. The van der Waals surface area contributed by atoms with Gasteiger partial charge in [-0.1, -0.05) is 80.4 Å². The Morgan fingerprint density at radius 3 is 1.73 bits per heavy atom. The van der Waals surface area contributed by atoms with Crippen molar-refractivity contribution in [2.75, 3.05) is 0 Å². The first-order valence-corrected chi connectivity index (χ1v) is 8.76. The molecule has 1 aromatic carbocycles. The molecule has 0 spiro atoms. The van der Waals surface area contributed by atoms with Crippen molar-refractivity contribution < 1.29 is 5.11 Å². The molecule has 1 heteroatoms. The average molecular weight is 305 g/mol. The van der Waals surface area contributed by atoms with Crippen LogP contribution >= 0.6 is 0 Å². The van der Waals surface area contributed by atoms with Crippen molar-refractivity contribution in [3.8, 4) is 5.75 Å². The minimum Gasteiger partial charge on any atom is -0.508 e. The highest BCUT2D eigenvalue weighted by Gasteiger charge is 2.42. The van der Waals surface area contributed by atoms with E-state index in [0.717, 1.165) is 0 Å². The van der Waals surface area contributed by atoms with Crippen molar-refractivity contribution in [2.24, 2.45) is 16.2 Å². The maximum Gasteiger partial charge on any atom is 0.115 e. The molecule has 1 aromatic rings. The van der Waals surface area contributed by atoms with E-state index in [-0.39, 0.29) is 5.41 Å². The highest BCUT2D eigenvalue weighted by atomic mass is 16.3. The summed E-state index contributed by atoms with van der Waals surface area (Å²) in [6.45, 7) is 18.9. The van der Waals surface area contributed by atoms with Gasteiger partial charge in [0.1, 0.15) is 5.75 Å². The summed E-state index contributed by atoms with van der Waals surface area (Å²) in [6.07, 6.45) is 3.57. The lowest BCUT2D eigenvalue weighted by atomic mass is 9.57. The summed E-state index contributed by atoms with van der Waals surface area (Å²) >= 11 is 0. The molecule has 1 nitrogen and oxygen atoms in total. The number of hydrogen-bond donors (Lipinski definition) is 1. The number of aromatic hydroxyl groups is 1. The first-order valence-electron chi connectivity index (χ1n) is 8.76. The molecule has 0 radical (unpaired) electrons. The van der Waals surface area contributed by atoms with Gasteiger partial charge in [0.25, 0.3) is 0 Å². The molecule has 0 aromatic heterocycles. The molecule has 0 aliphatic rings. The molecule has 0 heterocycles. The molecule has 126 valence electrons. The fraction of sp³-hybridized carbons (Fsp3) is 0.714. The van der Waals surface area contributed by atoms with Gasteiger partial charge in [0, 0.05) is 0 Å². The number of phenols is 1. The van der Waals surface area contributed by atoms with Crippen LogP contribution in [0.3, 0.4) is 0 Å². The van der Waals surface area contributed by atoms with E-state index in [1.807, 2.05) is 12.1 Å². The SMILES string of the molecule is CCC(C)(C)C(C)(CC)CC(c1ccc(O)cc1)C(C)(C)C. The third kappa shape index (κ3) is 4.06. The Morgan fingerprint density at radius 2 is 1.36 bits per heavy atom. The molecule has 1 N–H and O–H groups in total. The van der Waals surface area contributed by atoms with Gasteiger partial charge in [0.15, 0.2) is 0 Å². The molecule has 0 amide bonds. The van der Waals surface area contributed by atoms with Gasteiger partial charge in [-0.15, -0.1) is 0 Å². The summed E-state index contributed by atoms with van der Waals surface area (Å²) in [5.41, 5.74) is 2.17. The van der Waals surface area contributed by atoms with Gasteiger partial charge in [0.05, 0.1) is 0 Å². The summed E-state index contributed by atoms with van der Waals surface area (Å²) in [7, 11) is 0. The highest BCUT2D eigenvalue weighted by Crippen LogP contribution is 2.53. The van der Waals surface area contributed by atoms with Gasteiger partial charge in [-0.2, -0.15) is 0 Å². The summed E-state index contributed by atoms with van der Waals surface area (Å²) < 4.78 is 0. The van der Waals surface area contributed by atoms with E-state index < -0.39 is 0 Å². The predicted molar refractivity (Wildman–Crippen MR) is 97.4 cm³/mol. The van der Waals surface area contributed by atoms with Crippen LogP contribution in [-0.2, 0) is 0 Å². The van der Waals surface area contributed by atoms with Crippen LogP contribution in [-0.4, -0.2) is 5.11 Å². The second-order valence-corrected chi connectivity index (χ2v) is 8.87. The van der Waals surface area contributed by atoms with E-state index in [1.54, 1.807) is 0 Å². The topological polar surface area (TPSA) is 20.2 Å². The van der Waals surface area contributed by atoms with Crippen LogP contribution in [0.1, 0.15) is 86.1 Å². The molecule has 0 fully saturated rings. The van der Waals surface area contributed by atoms with Crippen molar-refractivity contribution >= 4 is 0 Å². The second-order valence-electron chi connectivity index (χ2n) is 8.87. The molecule has 2 atom stereocenters. The largest absolute Gasteiger partial charge is 0.508 e. The van der Waals surface area contributed by atoms with Gasteiger partial charge >= 0.3 is 0 Å². The number of benzene rings is 1. The smallest absolute Gasteiger partial charge is 0.115 e. The van der Waals surface area contributed by atoms with Gasteiger partial charge in [-0.05, 0) is 46.3 Å². The summed E-state index contributed by atoms with van der Waals surface area (Å²) in [5.74, 6) is 0.840. The van der Waals surface area contributed by atoms with Crippen molar-refractivity contribution in [2.45, 2.75) is 80.6 Å². The highest BCUT2D eigenvalue weighted by molar-refractivity contribution is 5.29. The van der Waals surface area contributed by atoms with Crippen molar-refractivity contribution in [1.82, 2.24) is 0 Å². The normalized spacial score (nSPS) is 17.1. The summed E-state index contributed by atoms with van der Waals surface area (Å²) in [5, 5.41) is 9.59. The molecular weight excluding hydrogens is 268 g/mol. The lowest BCUT2D eigenvalue weighted by Gasteiger charge is -2.48. The van der Waals surface area contributed by atoms with Crippen LogP contribution < -0.4 is 0 Å². The minimum absolute atomic E-state index is 0.206. The molecule has 2 unspecified atom stereocenters. The molecule has 0 bridgehead atoms. The van der Waals surface area contributed by atoms with Gasteiger partial charge in [-0.25, -0.2) is 0 Å². The lowest BCUT2D eigenvalue weighted by molar-refractivity contribution is 0.0440. The molecule has 22 heavy (non-hydrogen) atoms. The Bertz CT molecular complexity index is 464. The lowest BCUT2D eigenvalue weighted by Crippen LogP contribution is -2.38. The van der Waals surface area contributed by atoms with E-state index in [2.05, 4.69) is 67.5 Å². The standard InChI is InChI=1S/C21H36O/c1-9-20(6,7)21(8,10-2)15-18(19(3,4)5)16-11-13-17(22)14-12-16/h11-14,18,22H,9-10,15H2,1-8H3. The first-order chi connectivity index (χ1) is 9.97. The Labute approximate surface area is 138 Å². The monoisotopic (exact) mass is 304 g/mol. The summed E-state index contributed by atoms with van der Waals surface area (Å²) in [6, 6.07) is 7.84. The van der Waals surface area contributed by atoms with E-state index in [4.69, 9.17) is 0 Å². The quantitative estimate of drug-likeness (QED) is 0.615. The Hall–Kier alpha value is -0.980. The maximum absolute atomic E-state index is 9.59. The van der Waals surface area contributed by atoms with Crippen molar-refractivity contribution in [3.63, 3.8) is 0 Å². The van der Waals surface area contributed by atoms with Crippen molar-refractivity contribution in [1.29, 1.82) is 0 Å². The average Bonchev–Trinajstić information content (AvgIpc) is 2.44. The van der Waals surface area contributed by atoms with Crippen LogP contribution in [0.25, 0.3) is 0 Å². The first kappa shape index (κ1) is 19.1. The van der Waals surface area contributed by atoms with Crippen LogP contribution in [0.4, 0.5) is 0 Å². The number of rotatable bonds is 6. The Kier molecular flexibility index (Phi) is 5.76. The van der Waals surface area contributed by atoms with Gasteiger partial charge in [-0.3, -0.25) is 0 Å². The third-order valence-corrected chi connectivity index (χ3v) is 6.29. The van der Waals surface area contributed by atoms with Gasteiger partial charge < -0.3 is 5.11 Å². The molecule has 0 saturated carbocycles. The molecule has 0 aliphatic heterocycles. The fourth-order valence-electron chi connectivity index (χ4n) is 3.41. The van der Waals surface area contributed by atoms with Crippen LogP contribution in [0.5, 0.6) is 5.75 Å². The zero-order chi connectivity index (χ0) is 17.2. The van der Waals surface area contributed by atoms with Crippen LogP contribution in [0.15, 0.2) is 24.3 Å². The van der Waals surface area contributed by atoms with Crippen LogP contribution in [0, 0.1) is 16.2 Å². The number of hydrogen-bond acceptors (Lipinski definition) is 1. The second kappa shape index (κ2) is 6.64. The van der Waals surface area contributed by atoms with E-state index in [1.165, 1.54) is 24.8 Å². The number of phenolic OH excluding ortho intramolecular Hbond substituents is 1. The zero-order valence-corrected chi connectivity index (χ0v) is 16.0. The van der Waals surface area contributed by atoms with E-state index in [9.17, 15) is 5.11 Å². The Balaban J connectivity index is 3.22. The zero-order valence-electron chi connectivity index (χ0n) is 16.0. The minimum atomic E-state index is 0.206. The molecule has 0 saturated heterocycles. The van der Waals surface area contributed by atoms with Crippen LogP contribution in [0.2, 0.25) is 0 Å².